The molecule has 0 saturated carbocycles. The molecule has 0 radical (unpaired) electrons. The van der Waals surface area contributed by atoms with Gasteiger partial charge in [-0.05, 0) is 38.0 Å². The average Bonchev–Trinajstić information content (AvgIpc) is 2.95. The first-order valence-corrected chi connectivity index (χ1v) is 6.42. The molecule has 17 heavy (non-hydrogen) atoms. The summed E-state index contributed by atoms with van der Waals surface area (Å²) in [6, 6.07) is 3.94. The van der Waals surface area contributed by atoms with Crippen LogP contribution in [0.1, 0.15) is 12.3 Å². The molecule has 0 unspecified atom stereocenters. The van der Waals surface area contributed by atoms with Crippen molar-refractivity contribution in [2.45, 2.75) is 13.0 Å². The van der Waals surface area contributed by atoms with E-state index in [-0.39, 0.29) is 0 Å². The van der Waals surface area contributed by atoms with Crippen molar-refractivity contribution in [3.05, 3.63) is 23.4 Å². The van der Waals surface area contributed by atoms with Crippen molar-refractivity contribution in [3.63, 3.8) is 0 Å². The predicted molar refractivity (Wildman–Crippen MR) is 67.6 cm³/mol. The average molecular weight is 252 g/mol. The number of nitrogens with two attached hydrogens (primary N) is 1. The molecule has 0 amide bonds. The zero-order valence-electron chi connectivity index (χ0n) is 9.80. The van der Waals surface area contributed by atoms with E-state index in [1.165, 1.54) is 0 Å². The van der Waals surface area contributed by atoms with E-state index in [4.69, 9.17) is 10.2 Å². The highest BCUT2D eigenvalue weighted by Gasteiger charge is 2.10. The minimum Gasteiger partial charge on any atom is -0.419 e. The van der Waals surface area contributed by atoms with E-state index in [9.17, 15) is 0 Å². The lowest BCUT2D eigenvalue weighted by atomic mass is 10.4. The van der Waals surface area contributed by atoms with Gasteiger partial charge in [0.05, 0.1) is 11.4 Å². The lowest BCUT2D eigenvalue weighted by molar-refractivity contribution is 0.288. The summed E-state index contributed by atoms with van der Waals surface area (Å²) < 4.78 is 5.59. The second-order valence-corrected chi connectivity index (χ2v) is 4.81. The van der Waals surface area contributed by atoms with Crippen molar-refractivity contribution < 1.29 is 4.42 Å². The van der Waals surface area contributed by atoms with Crippen LogP contribution in [0.4, 0.5) is 0 Å². The standard InChI is InChI=1S/C11H16N4OS/c1-15(6-3-5-12)8-10-13-14-11(16-10)9-4-2-7-17-9/h2,4,7H,3,5-6,8,12H2,1H3. The topological polar surface area (TPSA) is 68.2 Å². The van der Waals surface area contributed by atoms with Crippen LogP contribution in [-0.2, 0) is 6.54 Å². The van der Waals surface area contributed by atoms with E-state index in [1.54, 1.807) is 11.3 Å². The fourth-order valence-electron chi connectivity index (χ4n) is 1.49. The van der Waals surface area contributed by atoms with Gasteiger partial charge < -0.3 is 10.2 Å². The third kappa shape index (κ3) is 3.36. The van der Waals surface area contributed by atoms with Crippen LogP contribution in [0.15, 0.2) is 21.9 Å². The van der Waals surface area contributed by atoms with E-state index in [0.717, 1.165) is 17.8 Å². The first-order chi connectivity index (χ1) is 8.29. The zero-order valence-corrected chi connectivity index (χ0v) is 10.6. The quantitative estimate of drug-likeness (QED) is 0.845. The molecule has 0 aliphatic heterocycles. The molecule has 0 atom stereocenters. The summed E-state index contributed by atoms with van der Waals surface area (Å²) in [5.74, 6) is 1.25. The van der Waals surface area contributed by atoms with Crippen LogP contribution in [-0.4, -0.2) is 35.2 Å². The van der Waals surface area contributed by atoms with Crippen LogP contribution in [0.25, 0.3) is 10.8 Å². The smallest absolute Gasteiger partial charge is 0.257 e. The molecular weight excluding hydrogens is 236 g/mol. The Morgan fingerprint density at radius 1 is 1.47 bits per heavy atom. The molecule has 5 nitrogen and oxygen atoms in total. The van der Waals surface area contributed by atoms with Crippen molar-refractivity contribution in [1.29, 1.82) is 0 Å². The fourth-order valence-corrected chi connectivity index (χ4v) is 2.13. The highest BCUT2D eigenvalue weighted by molar-refractivity contribution is 7.13. The number of hydrogen-bond donors (Lipinski definition) is 1. The van der Waals surface area contributed by atoms with E-state index in [2.05, 4.69) is 15.1 Å². The molecule has 2 aromatic rings. The van der Waals surface area contributed by atoms with Gasteiger partial charge in [-0.1, -0.05) is 6.07 Å². The molecule has 0 spiro atoms. The molecule has 2 rings (SSSR count). The Labute approximate surface area is 104 Å². The second-order valence-electron chi connectivity index (χ2n) is 3.86. The first kappa shape index (κ1) is 12.2. The van der Waals surface area contributed by atoms with E-state index < -0.39 is 0 Å². The molecule has 0 bridgehead atoms. The summed E-state index contributed by atoms with van der Waals surface area (Å²) in [4.78, 5) is 3.13. The Kier molecular flexibility index (Phi) is 4.24. The van der Waals surface area contributed by atoms with Gasteiger partial charge in [0.25, 0.3) is 5.89 Å². The van der Waals surface area contributed by atoms with Crippen LogP contribution in [0.5, 0.6) is 0 Å². The van der Waals surface area contributed by atoms with Gasteiger partial charge in [-0.15, -0.1) is 21.5 Å². The molecule has 0 aliphatic carbocycles. The Bertz CT molecular complexity index is 440. The fraction of sp³-hybridized carbons (Fsp3) is 0.455. The zero-order chi connectivity index (χ0) is 12.1. The number of thiophene rings is 1. The number of hydrogen-bond acceptors (Lipinski definition) is 6. The molecular formula is C11H16N4OS. The summed E-state index contributed by atoms with van der Waals surface area (Å²) in [5.41, 5.74) is 5.46. The lowest BCUT2D eigenvalue weighted by Gasteiger charge is -2.12. The number of rotatable bonds is 6. The van der Waals surface area contributed by atoms with Crippen LogP contribution in [0.2, 0.25) is 0 Å². The lowest BCUT2D eigenvalue weighted by Crippen LogP contribution is -2.21. The molecule has 92 valence electrons. The highest BCUT2D eigenvalue weighted by atomic mass is 32.1. The van der Waals surface area contributed by atoms with Crippen molar-refractivity contribution in [3.8, 4) is 10.8 Å². The Morgan fingerprint density at radius 3 is 3.06 bits per heavy atom. The summed E-state index contributed by atoms with van der Waals surface area (Å²) in [6.45, 7) is 2.31. The molecule has 2 N–H and O–H groups in total. The molecule has 2 heterocycles. The normalized spacial score (nSPS) is 11.2. The van der Waals surface area contributed by atoms with E-state index >= 15 is 0 Å². The highest BCUT2D eigenvalue weighted by Crippen LogP contribution is 2.23. The Balaban J connectivity index is 1.94. The summed E-state index contributed by atoms with van der Waals surface area (Å²) >= 11 is 1.60. The maximum absolute atomic E-state index is 5.59. The van der Waals surface area contributed by atoms with Gasteiger partial charge in [0.2, 0.25) is 5.89 Å². The minimum absolute atomic E-state index is 0.599. The van der Waals surface area contributed by atoms with Crippen molar-refractivity contribution in [2.24, 2.45) is 5.73 Å². The SMILES string of the molecule is CN(CCCN)Cc1nnc(-c2cccs2)o1. The molecule has 6 heteroatoms. The molecule has 0 aliphatic rings. The largest absolute Gasteiger partial charge is 0.419 e. The van der Waals surface area contributed by atoms with E-state index in [0.29, 0.717) is 24.9 Å². The third-order valence-corrected chi connectivity index (χ3v) is 3.21. The Hall–Kier alpha value is -1.24. The van der Waals surface area contributed by atoms with Gasteiger partial charge in [-0.25, -0.2) is 0 Å². The molecule has 0 fully saturated rings. The minimum atomic E-state index is 0.599. The van der Waals surface area contributed by atoms with Crippen LogP contribution >= 0.6 is 11.3 Å². The number of aromatic nitrogens is 2. The van der Waals surface area contributed by atoms with Gasteiger partial charge in [0.15, 0.2) is 0 Å². The Morgan fingerprint density at radius 2 is 2.35 bits per heavy atom. The van der Waals surface area contributed by atoms with Crippen LogP contribution < -0.4 is 5.73 Å². The van der Waals surface area contributed by atoms with E-state index in [1.807, 2.05) is 24.6 Å². The van der Waals surface area contributed by atoms with Gasteiger partial charge in [0.1, 0.15) is 0 Å². The molecule has 2 aromatic heterocycles. The van der Waals surface area contributed by atoms with Crippen molar-refractivity contribution >= 4 is 11.3 Å². The molecule has 0 saturated heterocycles. The van der Waals surface area contributed by atoms with Crippen molar-refractivity contribution in [2.75, 3.05) is 20.1 Å². The maximum atomic E-state index is 5.59. The van der Waals surface area contributed by atoms with Gasteiger partial charge in [-0.2, -0.15) is 0 Å². The summed E-state index contributed by atoms with van der Waals surface area (Å²) in [5, 5.41) is 10.1. The van der Waals surface area contributed by atoms with Crippen LogP contribution in [0, 0.1) is 0 Å². The predicted octanol–water partition coefficient (Wildman–Crippen LogP) is 1.58. The van der Waals surface area contributed by atoms with Crippen molar-refractivity contribution in [1.82, 2.24) is 15.1 Å². The van der Waals surface area contributed by atoms with Gasteiger partial charge >= 0.3 is 0 Å². The second kappa shape index (κ2) is 5.90. The third-order valence-electron chi connectivity index (χ3n) is 2.35. The van der Waals surface area contributed by atoms with Gasteiger partial charge in [-0.3, -0.25) is 4.90 Å². The summed E-state index contributed by atoms with van der Waals surface area (Å²) in [6.07, 6.45) is 0.975. The maximum Gasteiger partial charge on any atom is 0.257 e. The van der Waals surface area contributed by atoms with Gasteiger partial charge in [0, 0.05) is 0 Å². The summed E-state index contributed by atoms with van der Waals surface area (Å²) in [7, 11) is 2.02. The molecule has 0 aromatic carbocycles. The van der Waals surface area contributed by atoms with Crippen LogP contribution in [0.3, 0.4) is 0 Å². The monoisotopic (exact) mass is 252 g/mol. The number of nitrogens with zero attached hydrogens (tertiary/aromatic N) is 3. The first-order valence-electron chi connectivity index (χ1n) is 5.54.